The second-order valence-corrected chi connectivity index (χ2v) is 2.27. The Morgan fingerprint density at radius 1 is 1.71 bits per heavy atom. The maximum absolute atomic E-state index is 4.88. The predicted octanol–water partition coefficient (Wildman–Crippen LogP) is 1.14. The van der Waals surface area contributed by atoms with Gasteiger partial charge in [-0.1, -0.05) is 6.92 Å². The lowest BCUT2D eigenvalue weighted by Crippen LogP contribution is -2.03. The van der Waals surface area contributed by atoms with Gasteiger partial charge in [0.05, 0.1) is 0 Å². The highest BCUT2D eigenvalue weighted by molar-refractivity contribution is 7.16. The Labute approximate surface area is 47.6 Å². The van der Waals surface area contributed by atoms with Gasteiger partial charge in [0.15, 0.2) is 0 Å². The van der Waals surface area contributed by atoms with E-state index in [9.17, 15) is 0 Å². The first-order chi connectivity index (χ1) is 3.31. The van der Waals surface area contributed by atoms with Crippen LogP contribution in [0.2, 0.25) is 0 Å². The second kappa shape index (κ2) is 4.55. The average molecular weight is 120 g/mol. The molecule has 0 rings (SSSR count). The van der Waals surface area contributed by atoms with Crippen molar-refractivity contribution in [1.29, 1.82) is 0 Å². The van der Waals surface area contributed by atoms with Gasteiger partial charge in [-0.3, -0.25) is 0 Å². The van der Waals surface area contributed by atoms with E-state index >= 15 is 0 Å². The quantitative estimate of drug-likeness (QED) is 0.507. The van der Waals surface area contributed by atoms with Crippen LogP contribution in [0.3, 0.4) is 0 Å². The lowest BCUT2D eigenvalue weighted by Gasteiger charge is -2.03. The van der Waals surface area contributed by atoms with Crippen LogP contribution in [0.4, 0.5) is 0 Å². The number of hydrogen-bond donors (Lipinski definition) is 0. The molecule has 0 saturated heterocycles. The molecule has 0 fully saturated rings. The Hall–Kier alpha value is 0.390. The van der Waals surface area contributed by atoms with Gasteiger partial charge in [-0.2, -0.15) is 0 Å². The molecule has 2 unspecified atom stereocenters. The van der Waals surface area contributed by atoms with E-state index in [4.69, 9.17) is 4.74 Å². The van der Waals surface area contributed by atoms with Crippen LogP contribution < -0.4 is 0 Å². The van der Waals surface area contributed by atoms with E-state index in [0.717, 1.165) is 12.8 Å². The summed E-state index contributed by atoms with van der Waals surface area (Å²) in [4.78, 5) is 0. The van der Waals surface area contributed by atoms with Crippen LogP contribution in [0.15, 0.2) is 0 Å². The first-order valence-corrected chi connectivity index (χ1v) is 3.32. The smallest absolute Gasteiger partial charge is 0.0491 e. The molecule has 0 spiro atoms. The topological polar surface area (TPSA) is 9.23 Å². The van der Waals surface area contributed by atoms with Crippen LogP contribution in [-0.2, 0) is 4.74 Å². The van der Waals surface area contributed by atoms with Crippen molar-refractivity contribution >= 4 is 9.24 Å². The minimum atomic E-state index is 0.690. The van der Waals surface area contributed by atoms with Crippen LogP contribution in [0, 0.1) is 5.92 Å². The molecule has 44 valence electrons. The third kappa shape index (κ3) is 4.24. The Kier molecular flexibility index (Phi) is 4.80. The molecule has 0 aliphatic heterocycles. The molecule has 0 aromatic heterocycles. The van der Waals surface area contributed by atoms with E-state index in [2.05, 4.69) is 16.2 Å². The van der Waals surface area contributed by atoms with Gasteiger partial charge in [-0.05, 0) is 12.1 Å². The first kappa shape index (κ1) is 7.39. The third-order valence-corrected chi connectivity index (χ3v) is 1.66. The van der Waals surface area contributed by atoms with Crippen LogP contribution in [-0.4, -0.2) is 19.9 Å². The molecule has 0 aromatic rings. The normalized spacial score (nSPS) is 14.1. The summed E-state index contributed by atoms with van der Waals surface area (Å²) in [5.41, 5.74) is 0. The number of ether oxygens (including phenoxy) is 1. The zero-order valence-electron chi connectivity index (χ0n) is 4.98. The summed E-state index contributed by atoms with van der Waals surface area (Å²) in [5.74, 6) is 0.690. The van der Waals surface area contributed by atoms with Gasteiger partial charge in [0.1, 0.15) is 0 Å². The Balaban J connectivity index is 2.83. The van der Waals surface area contributed by atoms with Crippen LogP contribution in [0.1, 0.15) is 6.92 Å². The maximum Gasteiger partial charge on any atom is 0.0491 e. The fraction of sp³-hybridized carbons (Fsp3) is 1.00. The summed E-state index contributed by atoms with van der Waals surface area (Å²) >= 11 is 0. The molecular formula is C5H13OP. The fourth-order valence-corrected chi connectivity index (χ4v) is 0.489. The minimum Gasteiger partial charge on any atom is -0.384 e. The van der Waals surface area contributed by atoms with Crippen molar-refractivity contribution in [2.24, 2.45) is 5.92 Å². The van der Waals surface area contributed by atoms with Crippen LogP contribution in [0.5, 0.6) is 0 Å². The van der Waals surface area contributed by atoms with E-state index in [1.807, 2.05) is 0 Å². The van der Waals surface area contributed by atoms with E-state index in [1.54, 1.807) is 7.11 Å². The van der Waals surface area contributed by atoms with Gasteiger partial charge in [-0.25, -0.2) is 0 Å². The molecule has 2 atom stereocenters. The van der Waals surface area contributed by atoms with Gasteiger partial charge in [0, 0.05) is 13.7 Å². The van der Waals surface area contributed by atoms with Gasteiger partial charge in [-0.15, -0.1) is 9.24 Å². The lowest BCUT2D eigenvalue weighted by molar-refractivity contribution is 0.168. The highest BCUT2D eigenvalue weighted by Gasteiger charge is 1.93. The second-order valence-electron chi connectivity index (χ2n) is 1.80. The number of rotatable bonds is 3. The van der Waals surface area contributed by atoms with Crippen LogP contribution >= 0.6 is 9.24 Å². The van der Waals surface area contributed by atoms with E-state index < -0.39 is 0 Å². The van der Waals surface area contributed by atoms with E-state index in [1.165, 1.54) is 0 Å². The summed E-state index contributed by atoms with van der Waals surface area (Å²) in [5, 5.41) is 0. The summed E-state index contributed by atoms with van der Waals surface area (Å²) < 4.78 is 4.88. The molecular weight excluding hydrogens is 107 g/mol. The van der Waals surface area contributed by atoms with Gasteiger partial charge in [0.2, 0.25) is 0 Å². The highest BCUT2D eigenvalue weighted by Crippen LogP contribution is 1.98. The SMILES string of the molecule is COCC(C)CP. The Bertz CT molecular complexity index is 39.1. The number of hydrogen-bond acceptors (Lipinski definition) is 1. The minimum absolute atomic E-state index is 0.690. The molecule has 0 bridgehead atoms. The van der Waals surface area contributed by atoms with Crippen molar-refractivity contribution in [3.63, 3.8) is 0 Å². The number of methoxy groups -OCH3 is 1. The fourth-order valence-electron chi connectivity index (χ4n) is 0.353. The lowest BCUT2D eigenvalue weighted by atomic mass is 10.2. The third-order valence-electron chi connectivity index (χ3n) is 0.854. The van der Waals surface area contributed by atoms with Crippen LogP contribution in [0.25, 0.3) is 0 Å². The Morgan fingerprint density at radius 2 is 2.29 bits per heavy atom. The van der Waals surface area contributed by atoms with Crippen molar-refractivity contribution < 1.29 is 4.74 Å². The maximum atomic E-state index is 4.88. The van der Waals surface area contributed by atoms with Crippen molar-refractivity contribution in [2.45, 2.75) is 6.92 Å². The summed E-state index contributed by atoms with van der Waals surface area (Å²) in [6.45, 7) is 3.04. The molecule has 0 N–H and O–H groups in total. The van der Waals surface area contributed by atoms with Crippen molar-refractivity contribution in [3.8, 4) is 0 Å². The van der Waals surface area contributed by atoms with Crippen molar-refractivity contribution in [3.05, 3.63) is 0 Å². The zero-order valence-corrected chi connectivity index (χ0v) is 6.13. The summed E-state index contributed by atoms with van der Waals surface area (Å²) in [7, 11) is 4.42. The van der Waals surface area contributed by atoms with Crippen molar-refractivity contribution in [2.75, 3.05) is 19.9 Å². The first-order valence-electron chi connectivity index (χ1n) is 2.50. The molecule has 7 heavy (non-hydrogen) atoms. The van der Waals surface area contributed by atoms with Gasteiger partial charge in [0.25, 0.3) is 0 Å². The molecule has 0 aliphatic rings. The van der Waals surface area contributed by atoms with Crippen molar-refractivity contribution in [1.82, 2.24) is 0 Å². The summed E-state index contributed by atoms with van der Waals surface area (Å²) in [6.07, 6.45) is 1.13. The van der Waals surface area contributed by atoms with E-state index in [-0.39, 0.29) is 0 Å². The largest absolute Gasteiger partial charge is 0.384 e. The molecule has 2 heteroatoms. The zero-order chi connectivity index (χ0) is 5.70. The predicted molar refractivity (Wildman–Crippen MR) is 35.6 cm³/mol. The molecule has 0 radical (unpaired) electrons. The van der Waals surface area contributed by atoms with E-state index in [0.29, 0.717) is 5.92 Å². The van der Waals surface area contributed by atoms with Gasteiger partial charge < -0.3 is 4.74 Å². The standard InChI is InChI=1S/C5H13OP/c1-5(4-7)3-6-2/h5H,3-4,7H2,1-2H3. The Morgan fingerprint density at radius 3 is 2.43 bits per heavy atom. The molecule has 0 amide bonds. The molecule has 1 nitrogen and oxygen atoms in total. The molecule has 0 saturated carbocycles. The molecule has 0 aromatic carbocycles. The highest BCUT2D eigenvalue weighted by atomic mass is 31.0. The van der Waals surface area contributed by atoms with Gasteiger partial charge >= 0.3 is 0 Å². The summed E-state index contributed by atoms with van der Waals surface area (Å²) in [6, 6.07) is 0. The molecule has 0 heterocycles. The monoisotopic (exact) mass is 120 g/mol. The average Bonchev–Trinajstić information content (AvgIpc) is 1.68. The molecule has 0 aliphatic carbocycles.